The van der Waals surface area contributed by atoms with E-state index in [2.05, 4.69) is 25.7 Å². The van der Waals surface area contributed by atoms with Gasteiger partial charge in [0.05, 0.1) is 5.56 Å². The Labute approximate surface area is 182 Å². The van der Waals surface area contributed by atoms with Crippen LogP contribution in [-0.2, 0) is 12.7 Å². The van der Waals surface area contributed by atoms with Crippen molar-refractivity contribution in [3.63, 3.8) is 0 Å². The van der Waals surface area contributed by atoms with Gasteiger partial charge in [-0.25, -0.2) is 19.4 Å². The largest absolute Gasteiger partial charge is 0.417 e. The monoisotopic (exact) mass is 445 g/mol. The number of amides is 2. The Hall–Kier alpha value is -3.63. The molecule has 168 valence electrons. The fraction of sp³-hybridized carbons (Fsp3) is 0.333. The van der Waals surface area contributed by atoms with Crippen molar-refractivity contribution in [2.24, 2.45) is 0 Å². The summed E-state index contributed by atoms with van der Waals surface area (Å²) >= 11 is 0. The molecule has 0 atom stereocenters. The SMILES string of the molecule is O=C(NCc1ccc(-n2cccn2)nc1)NC1CCN(c2ccc(C(F)(F)F)cn2)CC1. The third kappa shape index (κ3) is 5.34. The van der Waals surface area contributed by atoms with Gasteiger partial charge in [0.25, 0.3) is 0 Å². The molecule has 8 nitrogen and oxygen atoms in total. The van der Waals surface area contributed by atoms with E-state index in [0.717, 1.165) is 17.8 Å². The molecule has 4 rings (SSSR count). The van der Waals surface area contributed by atoms with Crippen LogP contribution in [0.4, 0.5) is 23.8 Å². The van der Waals surface area contributed by atoms with Gasteiger partial charge in [-0.1, -0.05) is 6.07 Å². The van der Waals surface area contributed by atoms with Crippen molar-refractivity contribution in [2.75, 3.05) is 18.0 Å². The van der Waals surface area contributed by atoms with Gasteiger partial charge in [0.2, 0.25) is 0 Å². The van der Waals surface area contributed by atoms with Crippen LogP contribution < -0.4 is 15.5 Å². The van der Waals surface area contributed by atoms with Crippen LogP contribution in [0.25, 0.3) is 5.82 Å². The number of rotatable bonds is 5. The number of alkyl halides is 3. The Kier molecular flexibility index (Phi) is 6.24. The van der Waals surface area contributed by atoms with Gasteiger partial charge in [0.15, 0.2) is 5.82 Å². The lowest BCUT2D eigenvalue weighted by atomic mass is 10.1. The zero-order chi connectivity index (χ0) is 22.6. The Morgan fingerprint density at radius 3 is 2.41 bits per heavy atom. The molecule has 0 spiro atoms. The fourth-order valence-corrected chi connectivity index (χ4v) is 3.47. The smallest absolute Gasteiger partial charge is 0.356 e. The highest BCUT2D eigenvalue weighted by Crippen LogP contribution is 2.29. The average Bonchev–Trinajstić information content (AvgIpc) is 3.33. The molecule has 1 fully saturated rings. The summed E-state index contributed by atoms with van der Waals surface area (Å²) < 4.78 is 39.7. The van der Waals surface area contributed by atoms with E-state index >= 15 is 0 Å². The first-order chi connectivity index (χ1) is 15.4. The number of urea groups is 1. The first kappa shape index (κ1) is 21.6. The summed E-state index contributed by atoms with van der Waals surface area (Å²) in [5.41, 5.74) is 0.0972. The van der Waals surface area contributed by atoms with Gasteiger partial charge in [-0.05, 0) is 42.7 Å². The molecule has 2 amide bonds. The van der Waals surface area contributed by atoms with E-state index in [1.54, 1.807) is 23.3 Å². The molecule has 1 aliphatic heterocycles. The van der Waals surface area contributed by atoms with Crippen molar-refractivity contribution in [1.82, 2.24) is 30.4 Å². The number of carbonyl (C=O) groups is 1. The molecular formula is C21H22F3N7O. The van der Waals surface area contributed by atoms with E-state index in [4.69, 9.17) is 0 Å². The van der Waals surface area contributed by atoms with Crippen molar-refractivity contribution in [2.45, 2.75) is 31.6 Å². The highest BCUT2D eigenvalue weighted by atomic mass is 19.4. The van der Waals surface area contributed by atoms with Gasteiger partial charge in [0, 0.05) is 50.5 Å². The van der Waals surface area contributed by atoms with E-state index in [1.807, 2.05) is 23.1 Å². The molecule has 32 heavy (non-hydrogen) atoms. The van der Waals surface area contributed by atoms with E-state index in [9.17, 15) is 18.0 Å². The molecule has 0 aromatic carbocycles. The van der Waals surface area contributed by atoms with Crippen LogP contribution in [-0.4, -0.2) is 44.9 Å². The van der Waals surface area contributed by atoms with E-state index in [1.165, 1.54) is 6.07 Å². The van der Waals surface area contributed by atoms with Crippen LogP contribution in [0.3, 0.4) is 0 Å². The number of hydrogen-bond donors (Lipinski definition) is 2. The molecule has 4 heterocycles. The fourth-order valence-electron chi connectivity index (χ4n) is 3.47. The van der Waals surface area contributed by atoms with Crippen LogP contribution >= 0.6 is 0 Å². The first-order valence-electron chi connectivity index (χ1n) is 10.2. The summed E-state index contributed by atoms with van der Waals surface area (Å²) in [6.45, 7) is 1.54. The number of anilines is 1. The Balaban J connectivity index is 1.21. The maximum Gasteiger partial charge on any atom is 0.417 e. The van der Waals surface area contributed by atoms with Crippen molar-refractivity contribution in [3.8, 4) is 5.82 Å². The number of nitrogens with zero attached hydrogens (tertiary/aromatic N) is 5. The normalized spacial score (nSPS) is 14.9. The van der Waals surface area contributed by atoms with E-state index < -0.39 is 11.7 Å². The Morgan fingerprint density at radius 1 is 1.06 bits per heavy atom. The minimum Gasteiger partial charge on any atom is -0.356 e. The maximum atomic E-state index is 12.7. The zero-order valence-corrected chi connectivity index (χ0v) is 17.1. The molecule has 0 saturated carbocycles. The highest BCUT2D eigenvalue weighted by molar-refractivity contribution is 5.74. The summed E-state index contributed by atoms with van der Waals surface area (Å²) in [5, 5.41) is 9.88. The van der Waals surface area contributed by atoms with Gasteiger partial charge < -0.3 is 15.5 Å². The van der Waals surface area contributed by atoms with Crippen LogP contribution in [0.1, 0.15) is 24.0 Å². The predicted octanol–water partition coefficient (Wildman–Crippen LogP) is 3.15. The first-order valence-corrected chi connectivity index (χ1v) is 10.2. The second-order valence-corrected chi connectivity index (χ2v) is 7.47. The molecule has 3 aromatic heterocycles. The average molecular weight is 445 g/mol. The quantitative estimate of drug-likeness (QED) is 0.630. The zero-order valence-electron chi connectivity index (χ0n) is 17.1. The minimum atomic E-state index is -4.40. The number of hydrogen-bond acceptors (Lipinski definition) is 5. The molecule has 11 heteroatoms. The van der Waals surface area contributed by atoms with E-state index in [-0.39, 0.29) is 12.1 Å². The van der Waals surface area contributed by atoms with Gasteiger partial charge in [-0.2, -0.15) is 18.3 Å². The number of piperidine rings is 1. The van der Waals surface area contributed by atoms with Gasteiger partial charge in [-0.3, -0.25) is 0 Å². The van der Waals surface area contributed by atoms with Gasteiger partial charge >= 0.3 is 12.2 Å². The molecule has 2 N–H and O–H groups in total. The lowest BCUT2D eigenvalue weighted by Crippen LogP contribution is -2.48. The summed E-state index contributed by atoms with van der Waals surface area (Å²) in [6.07, 6.45) is 2.97. The number of aromatic nitrogens is 4. The number of carbonyl (C=O) groups excluding carboxylic acids is 1. The Bertz CT molecular complexity index is 1010. The van der Waals surface area contributed by atoms with Gasteiger partial charge in [0.1, 0.15) is 5.82 Å². The molecular weight excluding hydrogens is 423 g/mol. The topological polar surface area (TPSA) is 88.0 Å². The van der Waals surface area contributed by atoms with Crippen molar-refractivity contribution >= 4 is 11.8 Å². The summed E-state index contributed by atoms with van der Waals surface area (Å²) in [5.74, 6) is 1.20. The number of nitrogens with one attached hydrogen (secondary N) is 2. The number of pyridine rings is 2. The second kappa shape index (κ2) is 9.25. The third-order valence-corrected chi connectivity index (χ3v) is 5.23. The summed E-state index contributed by atoms with van der Waals surface area (Å²) in [4.78, 5) is 22.4. The van der Waals surface area contributed by atoms with Crippen LogP contribution in [0.15, 0.2) is 55.1 Å². The molecule has 0 aliphatic carbocycles. The second-order valence-electron chi connectivity index (χ2n) is 7.47. The number of halogens is 3. The van der Waals surface area contributed by atoms with E-state index in [0.29, 0.717) is 44.1 Å². The molecule has 0 radical (unpaired) electrons. The van der Waals surface area contributed by atoms with Crippen molar-refractivity contribution in [3.05, 3.63) is 66.2 Å². The predicted molar refractivity (Wildman–Crippen MR) is 111 cm³/mol. The highest BCUT2D eigenvalue weighted by Gasteiger charge is 2.31. The van der Waals surface area contributed by atoms with Crippen LogP contribution in [0, 0.1) is 0 Å². The lowest BCUT2D eigenvalue weighted by Gasteiger charge is -2.33. The summed E-state index contributed by atoms with van der Waals surface area (Å²) in [7, 11) is 0. The minimum absolute atomic E-state index is 0.0129. The van der Waals surface area contributed by atoms with Crippen LogP contribution in [0.5, 0.6) is 0 Å². The molecule has 0 bridgehead atoms. The maximum absolute atomic E-state index is 12.7. The van der Waals surface area contributed by atoms with Crippen molar-refractivity contribution < 1.29 is 18.0 Å². The summed E-state index contributed by atoms with van der Waals surface area (Å²) in [6, 6.07) is 7.65. The Morgan fingerprint density at radius 2 is 1.81 bits per heavy atom. The third-order valence-electron chi connectivity index (χ3n) is 5.23. The van der Waals surface area contributed by atoms with Crippen LogP contribution in [0.2, 0.25) is 0 Å². The molecule has 1 saturated heterocycles. The molecule has 1 aliphatic rings. The standard InChI is InChI=1S/C21H22F3N7O/c22-21(23,24)16-3-5-18(26-14-16)30-10-6-17(7-11-30)29-20(32)27-13-15-2-4-19(25-12-15)31-9-1-8-28-31/h1-5,8-9,12,14,17H,6-7,10-11,13H2,(H2,27,29,32). The molecule has 0 unspecified atom stereocenters. The molecule has 3 aromatic rings. The van der Waals surface area contributed by atoms with Crippen molar-refractivity contribution in [1.29, 1.82) is 0 Å². The lowest BCUT2D eigenvalue weighted by molar-refractivity contribution is -0.137. The van der Waals surface area contributed by atoms with Gasteiger partial charge in [-0.15, -0.1) is 0 Å².